The summed E-state index contributed by atoms with van der Waals surface area (Å²) in [5.74, 6) is 1.52. The van der Waals surface area contributed by atoms with Crippen LogP contribution in [-0.4, -0.2) is 11.6 Å². The molecule has 1 rings (SSSR count). The zero-order valence-electron chi connectivity index (χ0n) is 9.85. The fourth-order valence-electron chi connectivity index (χ4n) is 2.21. The molecule has 0 aromatic carbocycles. The molecule has 1 aliphatic rings. The molecule has 0 aromatic heterocycles. The maximum Gasteiger partial charge on any atom is 0.0178 e. The Morgan fingerprint density at radius 2 is 1.85 bits per heavy atom. The van der Waals surface area contributed by atoms with Gasteiger partial charge in [0, 0.05) is 11.6 Å². The molecule has 1 heteroatoms. The summed E-state index contributed by atoms with van der Waals surface area (Å²) in [6.07, 6.45) is 4.10. The Kier molecular flexibility index (Phi) is 3.39. The van der Waals surface area contributed by atoms with Crippen LogP contribution in [0.1, 0.15) is 53.9 Å². The van der Waals surface area contributed by atoms with E-state index in [0.717, 1.165) is 17.9 Å². The van der Waals surface area contributed by atoms with Gasteiger partial charge in [-0.05, 0) is 31.6 Å². The van der Waals surface area contributed by atoms with E-state index in [0.29, 0.717) is 5.54 Å². The standard InChI is InChI=1S/C12H25N/c1-9(2)11-7-6-8-12(5,13-11)10(3)4/h9-11,13H,6-8H2,1-5H3/t11-,12?/m0/s1. The van der Waals surface area contributed by atoms with Crippen molar-refractivity contribution in [3.05, 3.63) is 0 Å². The van der Waals surface area contributed by atoms with E-state index in [-0.39, 0.29) is 0 Å². The third kappa shape index (κ3) is 2.46. The van der Waals surface area contributed by atoms with E-state index in [1.54, 1.807) is 0 Å². The van der Waals surface area contributed by atoms with Gasteiger partial charge in [0.15, 0.2) is 0 Å². The Balaban J connectivity index is 2.60. The van der Waals surface area contributed by atoms with Gasteiger partial charge in [0.25, 0.3) is 0 Å². The number of hydrogen-bond donors (Lipinski definition) is 1. The van der Waals surface area contributed by atoms with E-state index in [1.165, 1.54) is 19.3 Å². The molecule has 0 amide bonds. The van der Waals surface area contributed by atoms with Gasteiger partial charge in [0.2, 0.25) is 0 Å². The summed E-state index contributed by atoms with van der Waals surface area (Å²) in [6.45, 7) is 11.7. The first-order valence-corrected chi connectivity index (χ1v) is 5.73. The van der Waals surface area contributed by atoms with Gasteiger partial charge in [0.05, 0.1) is 0 Å². The SMILES string of the molecule is CC(C)[C@@H]1CCCC(C)(C(C)C)N1. The van der Waals surface area contributed by atoms with E-state index in [9.17, 15) is 0 Å². The minimum Gasteiger partial charge on any atom is -0.308 e. The van der Waals surface area contributed by atoms with Gasteiger partial charge in [0.1, 0.15) is 0 Å². The van der Waals surface area contributed by atoms with Gasteiger partial charge < -0.3 is 5.32 Å². The first-order chi connectivity index (χ1) is 5.96. The van der Waals surface area contributed by atoms with Gasteiger partial charge >= 0.3 is 0 Å². The molecule has 1 N–H and O–H groups in total. The monoisotopic (exact) mass is 183 g/mol. The summed E-state index contributed by atoms with van der Waals surface area (Å²) in [5, 5.41) is 3.83. The van der Waals surface area contributed by atoms with Crippen LogP contribution in [0.5, 0.6) is 0 Å². The second-order valence-electron chi connectivity index (χ2n) is 5.46. The van der Waals surface area contributed by atoms with Crippen LogP contribution < -0.4 is 5.32 Å². The van der Waals surface area contributed by atoms with E-state index in [2.05, 4.69) is 39.9 Å². The molecule has 1 fully saturated rings. The second-order valence-corrected chi connectivity index (χ2v) is 5.46. The van der Waals surface area contributed by atoms with E-state index < -0.39 is 0 Å². The lowest BCUT2D eigenvalue weighted by Gasteiger charge is -2.44. The highest BCUT2D eigenvalue weighted by molar-refractivity contribution is 4.94. The first-order valence-electron chi connectivity index (χ1n) is 5.73. The number of rotatable bonds is 2. The zero-order chi connectivity index (χ0) is 10.1. The van der Waals surface area contributed by atoms with Crippen molar-refractivity contribution in [2.45, 2.75) is 65.5 Å². The molecule has 0 spiro atoms. The van der Waals surface area contributed by atoms with Crippen molar-refractivity contribution in [2.24, 2.45) is 11.8 Å². The molecule has 0 bridgehead atoms. The molecule has 78 valence electrons. The van der Waals surface area contributed by atoms with Gasteiger partial charge in [-0.3, -0.25) is 0 Å². The summed E-state index contributed by atoms with van der Waals surface area (Å²) in [4.78, 5) is 0. The molecule has 1 saturated heterocycles. The molecule has 1 aliphatic heterocycles. The fourth-order valence-corrected chi connectivity index (χ4v) is 2.21. The highest BCUT2D eigenvalue weighted by Gasteiger charge is 2.34. The predicted octanol–water partition coefficient (Wildman–Crippen LogP) is 3.20. The number of nitrogens with one attached hydrogen (secondary N) is 1. The van der Waals surface area contributed by atoms with Crippen molar-refractivity contribution in [3.63, 3.8) is 0 Å². The summed E-state index contributed by atoms with van der Waals surface area (Å²) in [6, 6.07) is 0.737. The van der Waals surface area contributed by atoms with Crippen LogP contribution in [0.25, 0.3) is 0 Å². The molecule has 2 atom stereocenters. The van der Waals surface area contributed by atoms with Gasteiger partial charge in [-0.25, -0.2) is 0 Å². The lowest BCUT2D eigenvalue weighted by Crippen LogP contribution is -2.56. The summed E-state index contributed by atoms with van der Waals surface area (Å²) in [5.41, 5.74) is 0.382. The predicted molar refractivity (Wildman–Crippen MR) is 58.9 cm³/mol. The van der Waals surface area contributed by atoms with Crippen molar-refractivity contribution < 1.29 is 0 Å². The van der Waals surface area contributed by atoms with Crippen LogP contribution in [0.3, 0.4) is 0 Å². The van der Waals surface area contributed by atoms with E-state index in [1.807, 2.05) is 0 Å². The fraction of sp³-hybridized carbons (Fsp3) is 1.00. The largest absolute Gasteiger partial charge is 0.308 e. The quantitative estimate of drug-likeness (QED) is 0.693. The molecule has 1 unspecified atom stereocenters. The average Bonchev–Trinajstić information content (AvgIpc) is 2.04. The van der Waals surface area contributed by atoms with Crippen LogP contribution in [0.4, 0.5) is 0 Å². The first kappa shape index (κ1) is 11.0. The number of hydrogen-bond acceptors (Lipinski definition) is 1. The third-order valence-corrected chi connectivity index (χ3v) is 3.81. The van der Waals surface area contributed by atoms with Crippen molar-refractivity contribution >= 4 is 0 Å². The van der Waals surface area contributed by atoms with Crippen LogP contribution in [0, 0.1) is 11.8 Å². The lowest BCUT2D eigenvalue weighted by molar-refractivity contribution is 0.145. The summed E-state index contributed by atoms with van der Waals surface area (Å²) >= 11 is 0. The molecular weight excluding hydrogens is 158 g/mol. The maximum atomic E-state index is 3.83. The van der Waals surface area contributed by atoms with Gasteiger partial charge in [-0.1, -0.05) is 34.1 Å². The third-order valence-electron chi connectivity index (χ3n) is 3.81. The minimum absolute atomic E-state index is 0.382. The van der Waals surface area contributed by atoms with Crippen LogP contribution in [0.15, 0.2) is 0 Å². The van der Waals surface area contributed by atoms with Crippen molar-refractivity contribution in [1.29, 1.82) is 0 Å². The summed E-state index contributed by atoms with van der Waals surface area (Å²) in [7, 11) is 0. The number of piperidine rings is 1. The Hall–Kier alpha value is -0.0400. The summed E-state index contributed by atoms with van der Waals surface area (Å²) < 4.78 is 0. The molecular formula is C12H25N. The Bertz CT molecular complexity index is 163. The highest BCUT2D eigenvalue weighted by atomic mass is 15.0. The molecule has 0 aromatic rings. The van der Waals surface area contributed by atoms with Crippen LogP contribution >= 0.6 is 0 Å². The van der Waals surface area contributed by atoms with Gasteiger partial charge in [-0.2, -0.15) is 0 Å². The maximum absolute atomic E-state index is 3.83. The van der Waals surface area contributed by atoms with E-state index >= 15 is 0 Å². The molecule has 13 heavy (non-hydrogen) atoms. The Morgan fingerprint density at radius 1 is 1.23 bits per heavy atom. The molecule has 0 aliphatic carbocycles. The Labute approximate surface area is 83.3 Å². The minimum atomic E-state index is 0.382. The second kappa shape index (κ2) is 4.00. The van der Waals surface area contributed by atoms with Crippen molar-refractivity contribution in [1.82, 2.24) is 5.32 Å². The van der Waals surface area contributed by atoms with Crippen molar-refractivity contribution in [2.75, 3.05) is 0 Å². The molecule has 1 nitrogen and oxygen atoms in total. The van der Waals surface area contributed by atoms with Crippen LogP contribution in [0.2, 0.25) is 0 Å². The lowest BCUT2D eigenvalue weighted by atomic mass is 9.77. The average molecular weight is 183 g/mol. The smallest absolute Gasteiger partial charge is 0.0178 e. The topological polar surface area (TPSA) is 12.0 Å². The van der Waals surface area contributed by atoms with Crippen LogP contribution in [-0.2, 0) is 0 Å². The molecule has 0 radical (unpaired) electrons. The highest BCUT2D eigenvalue weighted by Crippen LogP contribution is 2.30. The van der Waals surface area contributed by atoms with E-state index in [4.69, 9.17) is 0 Å². The van der Waals surface area contributed by atoms with Crippen molar-refractivity contribution in [3.8, 4) is 0 Å². The zero-order valence-corrected chi connectivity index (χ0v) is 9.85. The Morgan fingerprint density at radius 3 is 2.31 bits per heavy atom. The normalized spacial score (nSPS) is 35.8. The molecule has 0 saturated carbocycles. The molecule has 1 heterocycles. The van der Waals surface area contributed by atoms with Gasteiger partial charge in [-0.15, -0.1) is 0 Å².